The first-order chi connectivity index (χ1) is 10.6. The van der Waals surface area contributed by atoms with Gasteiger partial charge in [-0.15, -0.1) is 0 Å². The van der Waals surface area contributed by atoms with Crippen molar-refractivity contribution in [2.75, 3.05) is 0 Å². The molecule has 2 rings (SSSR count). The summed E-state index contributed by atoms with van der Waals surface area (Å²) in [7, 11) is 0. The van der Waals surface area contributed by atoms with E-state index in [-0.39, 0.29) is 11.1 Å². The number of hydrogen-bond acceptors (Lipinski definition) is 2. The first-order valence-corrected chi connectivity index (χ1v) is 7.33. The van der Waals surface area contributed by atoms with Crippen LogP contribution in [0.25, 0.3) is 0 Å². The van der Waals surface area contributed by atoms with Gasteiger partial charge in [-0.25, -0.2) is 9.59 Å². The lowest BCUT2D eigenvalue weighted by Crippen LogP contribution is -2.22. The van der Waals surface area contributed by atoms with Gasteiger partial charge in [-0.05, 0) is 54.3 Å². The second-order valence-corrected chi connectivity index (χ2v) is 6.28. The molecule has 0 amide bonds. The molecule has 0 unspecified atom stereocenters. The van der Waals surface area contributed by atoms with Gasteiger partial charge in [0.2, 0.25) is 0 Å². The number of aryl methyl sites for hydroxylation is 1. The lowest BCUT2D eigenvalue weighted by molar-refractivity contribution is 0.0696. The van der Waals surface area contributed by atoms with Crippen LogP contribution in [0.3, 0.4) is 0 Å². The van der Waals surface area contributed by atoms with Crippen molar-refractivity contribution < 1.29 is 19.8 Å². The van der Waals surface area contributed by atoms with E-state index in [9.17, 15) is 19.8 Å². The molecule has 2 aromatic carbocycles. The van der Waals surface area contributed by atoms with Crippen LogP contribution in [0.1, 0.15) is 56.8 Å². The van der Waals surface area contributed by atoms with Gasteiger partial charge in [-0.3, -0.25) is 0 Å². The van der Waals surface area contributed by atoms with Crippen LogP contribution in [-0.4, -0.2) is 22.2 Å². The minimum atomic E-state index is -1.13. The van der Waals surface area contributed by atoms with E-state index in [1.54, 1.807) is 12.1 Å². The number of aromatic carboxylic acids is 2. The monoisotopic (exact) mass is 312 g/mol. The number of benzene rings is 2. The Morgan fingerprint density at radius 1 is 0.913 bits per heavy atom. The Kier molecular flexibility index (Phi) is 4.28. The van der Waals surface area contributed by atoms with Crippen LogP contribution >= 0.6 is 0 Å². The highest BCUT2D eigenvalue weighted by molar-refractivity contribution is 5.94. The second-order valence-electron chi connectivity index (χ2n) is 6.28. The maximum absolute atomic E-state index is 11.3. The van der Waals surface area contributed by atoms with Crippen molar-refractivity contribution in [3.63, 3.8) is 0 Å². The normalized spacial score (nSPS) is 11.3. The summed E-state index contributed by atoms with van der Waals surface area (Å²) in [6.07, 6.45) is 0. The fraction of sp³-hybridized carbons (Fsp3) is 0.263. The topological polar surface area (TPSA) is 74.6 Å². The molecule has 0 radical (unpaired) electrons. The zero-order chi connectivity index (χ0) is 17.4. The van der Waals surface area contributed by atoms with Crippen molar-refractivity contribution in [3.05, 3.63) is 69.8 Å². The molecule has 4 nitrogen and oxygen atoms in total. The minimum Gasteiger partial charge on any atom is -0.478 e. The van der Waals surface area contributed by atoms with Crippen LogP contribution in [0.2, 0.25) is 0 Å². The number of carbonyl (C=O) groups is 2. The molecule has 0 saturated heterocycles. The number of carboxylic acids is 2. The smallest absolute Gasteiger partial charge is 0.335 e. The molecular weight excluding hydrogens is 292 g/mol. The Hall–Kier alpha value is -2.62. The van der Waals surface area contributed by atoms with Crippen molar-refractivity contribution >= 4 is 11.9 Å². The fourth-order valence-electron chi connectivity index (χ4n) is 2.82. The van der Waals surface area contributed by atoms with Crippen molar-refractivity contribution in [3.8, 4) is 0 Å². The Bertz CT molecular complexity index is 756. The highest BCUT2D eigenvalue weighted by atomic mass is 16.4. The van der Waals surface area contributed by atoms with Gasteiger partial charge in [0, 0.05) is 5.41 Å². The molecule has 0 aliphatic heterocycles. The molecule has 4 heteroatoms. The van der Waals surface area contributed by atoms with Crippen molar-refractivity contribution in [2.45, 2.75) is 33.1 Å². The molecule has 0 heterocycles. The Morgan fingerprint density at radius 2 is 1.43 bits per heavy atom. The van der Waals surface area contributed by atoms with E-state index in [4.69, 9.17) is 0 Å². The quantitative estimate of drug-likeness (QED) is 0.894. The Morgan fingerprint density at radius 3 is 1.91 bits per heavy atom. The maximum atomic E-state index is 11.3. The van der Waals surface area contributed by atoms with Crippen LogP contribution in [0, 0.1) is 13.8 Å². The SMILES string of the molecule is Cc1cccc(C(C)(C)c2cc(C(=O)O)cc(C(=O)O)c2)c1C. The van der Waals surface area contributed by atoms with Gasteiger partial charge >= 0.3 is 11.9 Å². The molecule has 0 aliphatic rings. The number of hydrogen-bond donors (Lipinski definition) is 2. The molecule has 0 saturated carbocycles. The summed E-state index contributed by atoms with van der Waals surface area (Å²) in [6.45, 7) is 7.99. The van der Waals surface area contributed by atoms with E-state index in [0.717, 1.165) is 16.7 Å². The molecule has 0 spiro atoms. The first kappa shape index (κ1) is 16.7. The third kappa shape index (κ3) is 3.11. The largest absolute Gasteiger partial charge is 0.478 e. The molecule has 0 fully saturated rings. The van der Waals surface area contributed by atoms with E-state index in [0.29, 0.717) is 5.56 Å². The predicted octanol–water partition coefficient (Wildman–Crippen LogP) is 4.03. The summed E-state index contributed by atoms with van der Waals surface area (Å²) in [5.74, 6) is -2.27. The Labute approximate surface area is 135 Å². The summed E-state index contributed by atoms with van der Waals surface area (Å²) in [4.78, 5) is 22.6. The average Bonchev–Trinajstić information content (AvgIpc) is 2.49. The van der Waals surface area contributed by atoms with Gasteiger partial charge in [0.1, 0.15) is 0 Å². The van der Waals surface area contributed by atoms with Crippen LogP contribution in [0.5, 0.6) is 0 Å². The Balaban J connectivity index is 2.70. The predicted molar refractivity (Wildman–Crippen MR) is 88.4 cm³/mol. The standard InChI is InChI=1S/C19H20O4/c1-11-6-5-7-16(12(11)2)19(3,4)15-9-13(17(20)21)8-14(10-15)18(22)23/h5-10H,1-4H3,(H,20,21)(H,22,23). The molecule has 0 aliphatic carbocycles. The van der Waals surface area contributed by atoms with E-state index >= 15 is 0 Å². The van der Waals surface area contributed by atoms with Gasteiger partial charge in [-0.2, -0.15) is 0 Å². The number of rotatable bonds is 4. The first-order valence-electron chi connectivity index (χ1n) is 7.33. The van der Waals surface area contributed by atoms with E-state index < -0.39 is 17.4 Å². The highest BCUT2D eigenvalue weighted by Gasteiger charge is 2.27. The molecule has 120 valence electrons. The van der Waals surface area contributed by atoms with Gasteiger partial charge in [0.15, 0.2) is 0 Å². The molecule has 0 aromatic heterocycles. The van der Waals surface area contributed by atoms with Crippen molar-refractivity contribution in [1.29, 1.82) is 0 Å². The second kappa shape index (κ2) is 5.88. The van der Waals surface area contributed by atoms with Crippen molar-refractivity contribution in [2.24, 2.45) is 0 Å². The number of carboxylic acid groups (broad SMARTS) is 2. The van der Waals surface area contributed by atoms with E-state index in [1.165, 1.54) is 6.07 Å². The lowest BCUT2D eigenvalue weighted by Gasteiger charge is -2.29. The zero-order valence-electron chi connectivity index (χ0n) is 13.7. The summed E-state index contributed by atoms with van der Waals surface area (Å²) >= 11 is 0. The summed E-state index contributed by atoms with van der Waals surface area (Å²) < 4.78 is 0. The van der Waals surface area contributed by atoms with E-state index in [2.05, 4.69) is 0 Å². The lowest BCUT2D eigenvalue weighted by atomic mass is 9.74. The fourth-order valence-corrected chi connectivity index (χ4v) is 2.82. The van der Waals surface area contributed by atoms with Crippen LogP contribution < -0.4 is 0 Å². The van der Waals surface area contributed by atoms with Gasteiger partial charge in [-0.1, -0.05) is 32.0 Å². The van der Waals surface area contributed by atoms with Crippen LogP contribution in [0.4, 0.5) is 0 Å². The third-order valence-electron chi connectivity index (χ3n) is 4.43. The van der Waals surface area contributed by atoms with Crippen molar-refractivity contribution in [1.82, 2.24) is 0 Å². The molecule has 0 bridgehead atoms. The molecule has 0 atom stereocenters. The van der Waals surface area contributed by atoms with Gasteiger partial charge in [0.25, 0.3) is 0 Å². The van der Waals surface area contributed by atoms with E-state index in [1.807, 2.05) is 45.9 Å². The highest BCUT2D eigenvalue weighted by Crippen LogP contribution is 2.35. The zero-order valence-corrected chi connectivity index (χ0v) is 13.7. The average molecular weight is 312 g/mol. The molecule has 23 heavy (non-hydrogen) atoms. The third-order valence-corrected chi connectivity index (χ3v) is 4.43. The maximum Gasteiger partial charge on any atom is 0.335 e. The summed E-state index contributed by atoms with van der Waals surface area (Å²) in [5.41, 5.74) is 3.45. The summed E-state index contributed by atoms with van der Waals surface area (Å²) in [6, 6.07) is 10.3. The van der Waals surface area contributed by atoms with Gasteiger partial charge in [0.05, 0.1) is 11.1 Å². The molecule has 2 aromatic rings. The molecular formula is C19H20O4. The summed E-state index contributed by atoms with van der Waals surface area (Å²) in [5, 5.41) is 18.5. The van der Waals surface area contributed by atoms with Gasteiger partial charge < -0.3 is 10.2 Å². The molecule has 2 N–H and O–H groups in total. The van der Waals surface area contributed by atoms with Crippen LogP contribution in [-0.2, 0) is 5.41 Å². The van der Waals surface area contributed by atoms with Crippen LogP contribution in [0.15, 0.2) is 36.4 Å². The minimum absolute atomic E-state index is 0.0155.